The standard InChI is InChI=1S/C11H12Cl2N2/c1-8(5-14)6-15-7-9-4-10(12)2-3-11(9)13/h2-4,8,15H,6-7H2,1H3. The first kappa shape index (κ1) is 12.3. The monoisotopic (exact) mass is 242 g/mol. The Morgan fingerprint density at radius 2 is 2.20 bits per heavy atom. The minimum Gasteiger partial charge on any atom is -0.311 e. The molecule has 1 aromatic rings. The number of hydrogen-bond acceptors (Lipinski definition) is 2. The van der Waals surface area contributed by atoms with Crippen LogP contribution in [0.15, 0.2) is 18.2 Å². The molecule has 2 nitrogen and oxygen atoms in total. The van der Waals surface area contributed by atoms with Crippen LogP contribution >= 0.6 is 23.2 Å². The number of nitriles is 1. The summed E-state index contributed by atoms with van der Waals surface area (Å²) in [5, 5.41) is 13.1. The van der Waals surface area contributed by atoms with Crippen molar-refractivity contribution < 1.29 is 0 Å². The van der Waals surface area contributed by atoms with Gasteiger partial charge in [0.1, 0.15) is 0 Å². The van der Waals surface area contributed by atoms with Crippen molar-refractivity contribution in [3.8, 4) is 6.07 Å². The average molecular weight is 243 g/mol. The first-order chi connectivity index (χ1) is 7.13. The molecule has 0 aliphatic rings. The van der Waals surface area contributed by atoms with E-state index in [1.165, 1.54) is 0 Å². The molecule has 1 N–H and O–H groups in total. The Morgan fingerprint density at radius 1 is 1.47 bits per heavy atom. The van der Waals surface area contributed by atoms with Gasteiger partial charge in [0.25, 0.3) is 0 Å². The summed E-state index contributed by atoms with van der Waals surface area (Å²) in [6.45, 7) is 3.15. The molecule has 0 aromatic heterocycles. The Bertz CT molecular complexity index is 371. The third-order valence-corrected chi connectivity index (χ3v) is 2.60. The van der Waals surface area contributed by atoms with Gasteiger partial charge in [0.15, 0.2) is 0 Å². The zero-order valence-electron chi connectivity index (χ0n) is 8.43. The average Bonchev–Trinajstić information content (AvgIpc) is 2.23. The van der Waals surface area contributed by atoms with Crippen LogP contribution in [0.2, 0.25) is 10.0 Å². The summed E-state index contributed by atoms with van der Waals surface area (Å²) in [5.41, 5.74) is 0.953. The van der Waals surface area contributed by atoms with E-state index in [9.17, 15) is 0 Å². The molecule has 0 spiro atoms. The predicted octanol–water partition coefficient (Wildman–Crippen LogP) is 3.24. The number of nitrogens with one attached hydrogen (secondary N) is 1. The van der Waals surface area contributed by atoms with E-state index in [0.717, 1.165) is 5.56 Å². The van der Waals surface area contributed by atoms with Gasteiger partial charge in [0.2, 0.25) is 0 Å². The normalized spacial score (nSPS) is 12.1. The van der Waals surface area contributed by atoms with Crippen LogP contribution in [0.3, 0.4) is 0 Å². The molecule has 4 heteroatoms. The molecule has 1 atom stereocenters. The quantitative estimate of drug-likeness (QED) is 0.881. The molecule has 0 aliphatic carbocycles. The number of halogens is 2. The first-order valence-electron chi connectivity index (χ1n) is 4.67. The summed E-state index contributed by atoms with van der Waals surface area (Å²) >= 11 is 11.8. The van der Waals surface area contributed by atoms with Crippen molar-refractivity contribution in [3.63, 3.8) is 0 Å². The van der Waals surface area contributed by atoms with Gasteiger partial charge in [-0.05, 0) is 30.7 Å². The number of nitrogens with zero attached hydrogens (tertiary/aromatic N) is 1. The van der Waals surface area contributed by atoms with Crippen LogP contribution in [0.4, 0.5) is 0 Å². The van der Waals surface area contributed by atoms with Gasteiger partial charge in [-0.1, -0.05) is 23.2 Å². The molecule has 80 valence electrons. The second kappa shape index (κ2) is 5.97. The van der Waals surface area contributed by atoms with Gasteiger partial charge in [-0.2, -0.15) is 5.26 Å². The van der Waals surface area contributed by atoms with Crippen molar-refractivity contribution in [2.24, 2.45) is 5.92 Å². The second-order valence-corrected chi connectivity index (χ2v) is 4.24. The third-order valence-electron chi connectivity index (χ3n) is 1.99. The molecule has 1 rings (SSSR count). The SMILES string of the molecule is CC(C#N)CNCc1cc(Cl)ccc1Cl. The van der Waals surface area contributed by atoms with Gasteiger partial charge in [0, 0.05) is 23.1 Å². The van der Waals surface area contributed by atoms with E-state index < -0.39 is 0 Å². The lowest BCUT2D eigenvalue weighted by Gasteiger charge is -2.07. The van der Waals surface area contributed by atoms with E-state index in [4.69, 9.17) is 28.5 Å². The van der Waals surface area contributed by atoms with Gasteiger partial charge in [0.05, 0.1) is 12.0 Å². The Labute approximate surface area is 99.8 Å². The molecule has 0 saturated carbocycles. The summed E-state index contributed by atoms with van der Waals surface area (Å²) in [7, 11) is 0. The van der Waals surface area contributed by atoms with Crippen molar-refractivity contribution in [2.75, 3.05) is 6.54 Å². The second-order valence-electron chi connectivity index (χ2n) is 3.40. The Morgan fingerprint density at radius 3 is 2.87 bits per heavy atom. The molecule has 0 radical (unpaired) electrons. The Balaban J connectivity index is 2.51. The van der Waals surface area contributed by atoms with Crippen molar-refractivity contribution in [1.82, 2.24) is 5.32 Å². The largest absolute Gasteiger partial charge is 0.311 e. The summed E-state index contributed by atoms with van der Waals surface area (Å²) < 4.78 is 0. The molecular weight excluding hydrogens is 231 g/mol. The van der Waals surface area contributed by atoms with Gasteiger partial charge >= 0.3 is 0 Å². The van der Waals surface area contributed by atoms with Gasteiger partial charge in [-0.25, -0.2) is 0 Å². The summed E-state index contributed by atoms with van der Waals surface area (Å²) in [6, 6.07) is 7.51. The number of hydrogen-bond donors (Lipinski definition) is 1. The summed E-state index contributed by atoms with van der Waals surface area (Å²) in [6.07, 6.45) is 0. The highest BCUT2D eigenvalue weighted by molar-refractivity contribution is 6.33. The van der Waals surface area contributed by atoms with E-state index in [-0.39, 0.29) is 5.92 Å². The molecule has 0 heterocycles. The molecule has 1 aromatic carbocycles. The fraction of sp³-hybridized carbons (Fsp3) is 0.364. The van der Waals surface area contributed by atoms with Crippen LogP contribution in [0.1, 0.15) is 12.5 Å². The maximum Gasteiger partial charge on any atom is 0.0666 e. The smallest absolute Gasteiger partial charge is 0.0666 e. The van der Waals surface area contributed by atoms with E-state index in [2.05, 4.69) is 11.4 Å². The fourth-order valence-corrected chi connectivity index (χ4v) is 1.53. The van der Waals surface area contributed by atoms with Gasteiger partial charge in [-0.15, -0.1) is 0 Å². The highest BCUT2D eigenvalue weighted by atomic mass is 35.5. The van der Waals surface area contributed by atoms with Crippen LogP contribution in [0, 0.1) is 17.2 Å². The summed E-state index contributed by atoms with van der Waals surface area (Å²) in [4.78, 5) is 0. The molecular formula is C11H12Cl2N2. The van der Waals surface area contributed by atoms with Crippen molar-refractivity contribution in [3.05, 3.63) is 33.8 Å². The first-order valence-corrected chi connectivity index (χ1v) is 5.43. The maximum absolute atomic E-state index is 8.59. The zero-order valence-corrected chi connectivity index (χ0v) is 9.94. The molecule has 0 amide bonds. The number of rotatable bonds is 4. The van der Waals surface area contributed by atoms with Crippen LogP contribution in [0.25, 0.3) is 0 Å². The van der Waals surface area contributed by atoms with E-state index in [0.29, 0.717) is 23.1 Å². The number of benzene rings is 1. The molecule has 1 unspecified atom stereocenters. The molecule has 0 saturated heterocycles. The van der Waals surface area contributed by atoms with Crippen molar-refractivity contribution in [2.45, 2.75) is 13.5 Å². The lowest BCUT2D eigenvalue weighted by atomic mass is 10.2. The lowest BCUT2D eigenvalue weighted by Crippen LogP contribution is -2.19. The fourth-order valence-electron chi connectivity index (χ4n) is 1.15. The van der Waals surface area contributed by atoms with Crippen LogP contribution < -0.4 is 5.32 Å². The van der Waals surface area contributed by atoms with Crippen molar-refractivity contribution >= 4 is 23.2 Å². The maximum atomic E-state index is 8.59. The predicted molar refractivity (Wildman–Crippen MR) is 62.9 cm³/mol. The highest BCUT2D eigenvalue weighted by Gasteiger charge is 2.02. The minimum atomic E-state index is 0.00274. The Kier molecular flexibility index (Phi) is 4.90. The minimum absolute atomic E-state index is 0.00274. The van der Waals surface area contributed by atoms with E-state index >= 15 is 0 Å². The van der Waals surface area contributed by atoms with Gasteiger partial charge in [-0.3, -0.25) is 0 Å². The topological polar surface area (TPSA) is 35.8 Å². The Hall–Kier alpha value is -0.750. The molecule has 0 bridgehead atoms. The molecule has 0 aliphatic heterocycles. The van der Waals surface area contributed by atoms with E-state index in [1.54, 1.807) is 12.1 Å². The van der Waals surface area contributed by atoms with Crippen LogP contribution in [-0.2, 0) is 6.54 Å². The van der Waals surface area contributed by atoms with Gasteiger partial charge < -0.3 is 5.32 Å². The van der Waals surface area contributed by atoms with Crippen LogP contribution in [-0.4, -0.2) is 6.54 Å². The third kappa shape index (κ3) is 4.09. The highest BCUT2D eigenvalue weighted by Crippen LogP contribution is 2.20. The summed E-state index contributed by atoms with van der Waals surface area (Å²) in [5.74, 6) is 0.00274. The van der Waals surface area contributed by atoms with E-state index in [1.807, 2.05) is 13.0 Å². The molecule has 0 fully saturated rings. The molecule has 15 heavy (non-hydrogen) atoms. The van der Waals surface area contributed by atoms with Crippen LogP contribution in [0.5, 0.6) is 0 Å². The van der Waals surface area contributed by atoms with Crippen molar-refractivity contribution in [1.29, 1.82) is 5.26 Å². The zero-order chi connectivity index (χ0) is 11.3. The lowest BCUT2D eigenvalue weighted by molar-refractivity contribution is 0.602.